The molecule has 0 amide bonds. The van der Waals surface area contributed by atoms with E-state index in [-0.39, 0.29) is 6.17 Å². The number of rotatable bonds is 7. The molecule has 0 heterocycles. The molecule has 0 aromatic rings. The van der Waals surface area contributed by atoms with Gasteiger partial charge in [-0.15, -0.1) is 0 Å². The summed E-state index contributed by atoms with van der Waals surface area (Å²) in [5.74, 6) is 0.447. The maximum atomic E-state index is 5.53. The lowest BCUT2D eigenvalue weighted by atomic mass is 10.0. The fraction of sp³-hybridized carbons (Fsp3) is 1.00. The van der Waals surface area contributed by atoms with Gasteiger partial charge in [0.05, 0.1) is 6.17 Å². The first-order valence-corrected chi connectivity index (χ1v) is 4.89. The third kappa shape index (κ3) is 6.58. The van der Waals surface area contributed by atoms with Crippen LogP contribution in [0.5, 0.6) is 0 Å². The van der Waals surface area contributed by atoms with Gasteiger partial charge in [0.15, 0.2) is 0 Å². The van der Waals surface area contributed by atoms with Crippen LogP contribution in [-0.2, 0) is 0 Å². The predicted octanol–water partition coefficient (Wildman–Crippen LogP) is 0.775. The van der Waals surface area contributed by atoms with Gasteiger partial charge in [-0.25, -0.2) is 0 Å². The summed E-state index contributed by atoms with van der Waals surface area (Å²) < 4.78 is 0. The Hall–Kier alpha value is -0.120. The molecular weight excluding hydrogens is 150 g/mol. The molecule has 0 rings (SSSR count). The highest BCUT2D eigenvalue weighted by molar-refractivity contribution is 4.61. The van der Waals surface area contributed by atoms with E-state index in [1.54, 1.807) is 0 Å². The Bertz CT molecular complexity index is 93.8. The maximum Gasteiger partial charge on any atom is 0.0547 e. The van der Waals surface area contributed by atoms with Crippen molar-refractivity contribution in [1.82, 2.24) is 0 Å². The lowest BCUT2D eigenvalue weighted by Crippen LogP contribution is -2.37. The minimum absolute atomic E-state index is 0.153. The van der Waals surface area contributed by atoms with Gasteiger partial charge in [-0.3, -0.25) is 0 Å². The van der Waals surface area contributed by atoms with Crippen LogP contribution in [0.4, 0.5) is 0 Å². The van der Waals surface area contributed by atoms with Crippen molar-refractivity contribution < 1.29 is 0 Å². The monoisotopic (exact) mass is 173 g/mol. The molecule has 3 nitrogen and oxygen atoms in total. The zero-order valence-electron chi connectivity index (χ0n) is 8.13. The summed E-state index contributed by atoms with van der Waals surface area (Å²) in [7, 11) is 0. The number of unbranched alkanes of at least 4 members (excludes halogenated alkanes) is 3. The second-order valence-electron chi connectivity index (χ2n) is 3.55. The lowest BCUT2D eigenvalue weighted by Gasteiger charge is -2.14. The van der Waals surface area contributed by atoms with E-state index in [1.165, 1.54) is 19.3 Å². The van der Waals surface area contributed by atoms with Gasteiger partial charge in [0.25, 0.3) is 0 Å². The second-order valence-corrected chi connectivity index (χ2v) is 3.55. The van der Waals surface area contributed by atoms with Crippen molar-refractivity contribution in [3.8, 4) is 0 Å². The Morgan fingerprint density at radius 2 is 1.58 bits per heavy atom. The zero-order chi connectivity index (χ0) is 9.40. The normalized spacial score (nSPS) is 13.8. The van der Waals surface area contributed by atoms with E-state index in [0.29, 0.717) is 5.92 Å². The van der Waals surface area contributed by atoms with Crippen molar-refractivity contribution in [1.29, 1.82) is 0 Å². The molecule has 0 saturated carbocycles. The Kier molecular flexibility index (Phi) is 7.45. The predicted molar refractivity (Wildman–Crippen MR) is 53.5 cm³/mol. The van der Waals surface area contributed by atoms with Crippen molar-refractivity contribution in [3.63, 3.8) is 0 Å². The van der Waals surface area contributed by atoms with Crippen LogP contribution in [0.2, 0.25) is 0 Å². The Morgan fingerprint density at radius 3 is 2.08 bits per heavy atom. The van der Waals surface area contributed by atoms with Crippen LogP contribution in [0, 0.1) is 5.92 Å². The second kappa shape index (κ2) is 7.53. The third-order valence-electron chi connectivity index (χ3n) is 2.27. The lowest BCUT2D eigenvalue weighted by molar-refractivity contribution is 0.414. The van der Waals surface area contributed by atoms with Crippen LogP contribution in [0.15, 0.2) is 0 Å². The smallest absolute Gasteiger partial charge is 0.0547 e. The average molecular weight is 173 g/mol. The zero-order valence-corrected chi connectivity index (χ0v) is 8.13. The molecule has 1 atom stereocenters. The standard InChI is InChI=1S/C9H23N3/c1-8(9(11)12)6-4-2-3-5-7-10/h8-9H,2-7,10-12H2,1H3. The molecule has 6 N–H and O–H groups in total. The molecule has 3 heteroatoms. The summed E-state index contributed by atoms with van der Waals surface area (Å²) in [4.78, 5) is 0. The van der Waals surface area contributed by atoms with Gasteiger partial charge in [-0.2, -0.15) is 0 Å². The molecule has 0 aliphatic carbocycles. The minimum Gasteiger partial charge on any atom is -0.330 e. The highest BCUT2D eigenvalue weighted by atomic mass is 14.9. The first kappa shape index (κ1) is 11.9. The van der Waals surface area contributed by atoms with E-state index < -0.39 is 0 Å². The van der Waals surface area contributed by atoms with Gasteiger partial charge in [0.2, 0.25) is 0 Å². The first-order chi connectivity index (χ1) is 5.68. The van der Waals surface area contributed by atoms with E-state index in [2.05, 4.69) is 6.92 Å². The summed E-state index contributed by atoms with van der Waals surface area (Å²) in [6, 6.07) is 0. The summed E-state index contributed by atoms with van der Waals surface area (Å²) in [5.41, 5.74) is 16.4. The van der Waals surface area contributed by atoms with E-state index in [0.717, 1.165) is 19.4 Å². The summed E-state index contributed by atoms with van der Waals surface area (Å²) >= 11 is 0. The van der Waals surface area contributed by atoms with Gasteiger partial charge in [0.1, 0.15) is 0 Å². The molecule has 0 bridgehead atoms. The van der Waals surface area contributed by atoms with Gasteiger partial charge in [-0.1, -0.05) is 26.2 Å². The van der Waals surface area contributed by atoms with Crippen LogP contribution in [-0.4, -0.2) is 12.7 Å². The molecule has 0 radical (unpaired) electrons. The van der Waals surface area contributed by atoms with Gasteiger partial charge >= 0.3 is 0 Å². The van der Waals surface area contributed by atoms with Crippen LogP contribution < -0.4 is 17.2 Å². The van der Waals surface area contributed by atoms with Gasteiger partial charge < -0.3 is 17.2 Å². The van der Waals surface area contributed by atoms with Crippen LogP contribution >= 0.6 is 0 Å². The van der Waals surface area contributed by atoms with E-state index in [9.17, 15) is 0 Å². The Labute approximate surface area is 75.7 Å². The van der Waals surface area contributed by atoms with E-state index in [4.69, 9.17) is 17.2 Å². The largest absolute Gasteiger partial charge is 0.330 e. The highest BCUT2D eigenvalue weighted by Gasteiger charge is 2.06. The topological polar surface area (TPSA) is 78.1 Å². The third-order valence-corrected chi connectivity index (χ3v) is 2.27. The van der Waals surface area contributed by atoms with Crippen molar-refractivity contribution in [2.75, 3.05) is 6.54 Å². The summed E-state index contributed by atoms with van der Waals surface area (Å²) in [6.07, 6.45) is 5.86. The first-order valence-electron chi connectivity index (χ1n) is 4.89. The van der Waals surface area contributed by atoms with Gasteiger partial charge in [0, 0.05) is 0 Å². The molecular formula is C9H23N3. The molecule has 0 aliphatic heterocycles. The van der Waals surface area contributed by atoms with E-state index >= 15 is 0 Å². The summed E-state index contributed by atoms with van der Waals surface area (Å²) in [5, 5.41) is 0. The molecule has 0 saturated heterocycles. The molecule has 0 spiro atoms. The quantitative estimate of drug-likeness (QED) is 0.393. The minimum atomic E-state index is -0.153. The molecule has 74 valence electrons. The van der Waals surface area contributed by atoms with Crippen molar-refractivity contribution in [3.05, 3.63) is 0 Å². The van der Waals surface area contributed by atoms with Crippen LogP contribution in [0.3, 0.4) is 0 Å². The molecule has 0 fully saturated rings. The molecule has 1 unspecified atom stereocenters. The van der Waals surface area contributed by atoms with Crippen molar-refractivity contribution in [2.24, 2.45) is 23.1 Å². The molecule has 0 aromatic carbocycles. The summed E-state index contributed by atoms with van der Waals surface area (Å²) in [6.45, 7) is 2.92. The van der Waals surface area contributed by atoms with Crippen molar-refractivity contribution >= 4 is 0 Å². The van der Waals surface area contributed by atoms with Crippen molar-refractivity contribution in [2.45, 2.75) is 45.2 Å². The SMILES string of the molecule is CC(CCCCCCN)C(N)N. The van der Waals surface area contributed by atoms with E-state index in [1.807, 2.05) is 0 Å². The number of hydrogen-bond acceptors (Lipinski definition) is 3. The number of nitrogens with two attached hydrogens (primary N) is 3. The van der Waals surface area contributed by atoms with Crippen LogP contribution in [0.1, 0.15) is 39.0 Å². The number of hydrogen-bond donors (Lipinski definition) is 3. The Balaban J connectivity index is 3.08. The molecule has 0 aliphatic rings. The van der Waals surface area contributed by atoms with Gasteiger partial charge in [-0.05, 0) is 25.3 Å². The molecule has 12 heavy (non-hydrogen) atoms. The van der Waals surface area contributed by atoms with Crippen LogP contribution in [0.25, 0.3) is 0 Å². The fourth-order valence-corrected chi connectivity index (χ4v) is 1.16. The molecule has 0 aromatic heterocycles. The Morgan fingerprint density at radius 1 is 1.00 bits per heavy atom. The highest BCUT2D eigenvalue weighted by Crippen LogP contribution is 2.10. The fourth-order valence-electron chi connectivity index (χ4n) is 1.16. The maximum absolute atomic E-state index is 5.53. The average Bonchev–Trinajstić information content (AvgIpc) is 2.03.